The molecule has 2 aromatic rings. The number of anilines is 1. The van der Waals surface area contributed by atoms with Crippen LogP contribution in [0.5, 0.6) is 0 Å². The molecule has 1 aromatic heterocycles. The summed E-state index contributed by atoms with van der Waals surface area (Å²) in [6, 6.07) is 7.36. The van der Waals surface area contributed by atoms with E-state index >= 15 is 0 Å². The minimum atomic E-state index is -4.56. The van der Waals surface area contributed by atoms with Crippen LogP contribution in [0.15, 0.2) is 41.0 Å². The summed E-state index contributed by atoms with van der Waals surface area (Å²) in [6.45, 7) is 0. The van der Waals surface area contributed by atoms with Crippen LogP contribution < -0.4 is 5.32 Å². The molecule has 0 bridgehead atoms. The lowest BCUT2D eigenvalue weighted by molar-refractivity contribution is -0.141. The van der Waals surface area contributed by atoms with Crippen molar-refractivity contribution in [3.63, 3.8) is 0 Å². The number of nitrogens with one attached hydrogen (secondary N) is 1. The van der Waals surface area contributed by atoms with Crippen molar-refractivity contribution in [3.8, 4) is 0 Å². The fourth-order valence-corrected chi connectivity index (χ4v) is 2.13. The van der Waals surface area contributed by atoms with Crippen molar-refractivity contribution in [2.45, 2.75) is 12.6 Å². The highest BCUT2D eigenvalue weighted by molar-refractivity contribution is 9.10. The third-order valence-electron chi connectivity index (χ3n) is 2.67. The molecular formula is C14H9BrF4N2O. The van der Waals surface area contributed by atoms with Crippen LogP contribution in [-0.2, 0) is 17.4 Å². The monoisotopic (exact) mass is 376 g/mol. The molecule has 1 N–H and O–H groups in total. The highest BCUT2D eigenvalue weighted by atomic mass is 79.9. The minimum Gasteiger partial charge on any atom is -0.323 e. The van der Waals surface area contributed by atoms with Crippen LogP contribution in [-0.4, -0.2) is 10.9 Å². The number of hydrogen-bond donors (Lipinski definition) is 1. The first kappa shape index (κ1) is 16.4. The Kier molecular flexibility index (Phi) is 4.80. The van der Waals surface area contributed by atoms with Gasteiger partial charge in [0.1, 0.15) is 16.1 Å². The Morgan fingerprint density at radius 3 is 2.55 bits per heavy atom. The van der Waals surface area contributed by atoms with Crippen LogP contribution in [0, 0.1) is 5.82 Å². The standard InChI is InChI=1S/C14H9BrF4N2O/c15-13-10(4-5-11(21-13)14(17,18)19)20-12(22)7-8-2-1-3-9(16)6-8/h1-6H,7H2,(H,20,22). The molecule has 3 nitrogen and oxygen atoms in total. The van der Waals surface area contributed by atoms with Crippen LogP contribution in [0.2, 0.25) is 0 Å². The summed E-state index contributed by atoms with van der Waals surface area (Å²) in [4.78, 5) is 15.2. The fourth-order valence-electron chi connectivity index (χ4n) is 1.71. The van der Waals surface area contributed by atoms with E-state index in [4.69, 9.17) is 0 Å². The molecule has 0 fully saturated rings. The lowest BCUT2D eigenvalue weighted by Crippen LogP contribution is -2.16. The molecule has 0 aliphatic heterocycles. The van der Waals surface area contributed by atoms with E-state index in [0.29, 0.717) is 5.56 Å². The van der Waals surface area contributed by atoms with Crippen molar-refractivity contribution in [3.05, 3.63) is 58.1 Å². The van der Waals surface area contributed by atoms with Gasteiger partial charge in [0.2, 0.25) is 5.91 Å². The predicted octanol–water partition coefficient (Wildman–Crippen LogP) is 4.18. The second kappa shape index (κ2) is 6.43. The van der Waals surface area contributed by atoms with Crippen LogP contribution in [0.3, 0.4) is 0 Å². The molecule has 1 heterocycles. The molecule has 0 radical (unpaired) electrons. The number of carbonyl (C=O) groups excluding carboxylic acids is 1. The van der Waals surface area contributed by atoms with E-state index in [1.807, 2.05) is 0 Å². The van der Waals surface area contributed by atoms with E-state index in [2.05, 4.69) is 26.2 Å². The summed E-state index contributed by atoms with van der Waals surface area (Å²) in [5.74, 6) is -0.962. The number of alkyl halides is 3. The Balaban J connectivity index is 2.09. The van der Waals surface area contributed by atoms with Gasteiger partial charge in [0, 0.05) is 0 Å². The Labute approximate surface area is 131 Å². The zero-order chi connectivity index (χ0) is 16.3. The van der Waals surface area contributed by atoms with Gasteiger partial charge in [-0.05, 0) is 45.8 Å². The van der Waals surface area contributed by atoms with Crippen molar-refractivity contribution in [2.24, 2.45) is 0 Å². The largest absolute Gasteiger partial charge is 0.433 e. The molecule has 0 spiro atoms. The maximum atomic E-state index is 13.0. The average molecular weight is 377 g/mol. The van der Waals surface area contributed by atoms with Crippen molar-refractivity contribution < 1.29 is 22.4 Å². The lowest BCUT2D eigenvalue weighted by atomic mass is 10.1. The topological polar surface area (TPSA) is 42.0 Å². The number of aromatic nitrogens is 1. The summed E-state index contributed by atoms with van der Waals surface area (Å²) >= 11 is 2.88. The minimum absolute atomic E-state index is 0.106. The van der Waals surface area contributed by atoms with Gasteiger partial charge in [0.25, 0.3) is 0 Å². The number of carbonyl (C=O) groups is 1. The maximum Gasteiger partial charge on any atom is 0.433 e. The van der Waals surface area contributed by atoms with Crippen molar-refractivity contribution >= 4 is 27.5 Å². The number of amides is 1. The number of benzene rings is 1. The van der Waals surface area contributed by atoms with Gasteiger partial charge < -0.3 is 5.32 Å². The van der Waals surface area contributed by atoms with Gasteiger partial charge in [-0.3, -0.25) is 4.79 Å². The Hall–Kier alpha value is -1.96. The second-order valence-electron chi connectivity index (χ2n) is 4.39. The van der Waals surface area contributed by atoms with Gasteiger partial charge in [-0.1, -0.05) is 12.1 Å². The van der Waals surface area contributed by atoms with Gasteiger partial charge >= 0.3 is 6.18 Å². The highest BCUT2D eigenvalue weighted by Crippen LogP contribution is 2.31. The number of halogens is 5. The lowest BCUT2D eigenvalue weighted by Gasteiger charge is -2.10. The number of pyridine rings is 1. The van der Waals surface area contributed by atoms with Crippen LogP contribution in [0.1, 0.15) is 11.3 Å². The summed E-state index contributed by atoms with van der Waals surface area (Å²) in [6.07, 6.45) is -4.67. The molecule has 0 saturated heterocycles. The fraction of sp³-hybridized carbons (Fsp3) is 0.143. The molecule has 1 amide bonds. The highest BCUT2D eigenvalue weighted by Gasteiger charge is 2.32. The van der Waals surface area contributed by atoms with Gasteiger partial charge in [0.15, 0.2) is 0 Å². The quantitative estimate of drug-likeness (QED) is 0.644. The second-order valence-corrected chi connectivity index (χ2v) is 5.14. The van der Waals surface area contributed by atoms with Gasteiger partial charge in [-0.15, -0.1) is 0 Å². The van der Waals surface area contributed by atoms with E-state index in [0.717, 1.165) is 12.1 Å². The number of rotatable bonds is 3. The predicted molar refractivity (Wildman–Crippen MR) is 75.7 cm³/mol. The molecule has 2 rings (SSSR count). The average Bonchev–Trinajstić information content (AvgIpc) is 2.39. The van der Waals surface area contributed by atoms with Gasteiger partial charge in [-0.2, -0.15) is 13.2 Å². The molecule has 116 valence electrons. The first-order valence-electron chi connectivity index (χ1n) is 6.04. The molecule has 0 unspecified atom stereocenters. The van der Waals surface area contributed by atoms with Crippen molar-refractivity contribution in [2.75, 3.05) is 5.32 Å². The summed E-state index contributed by atoms with van der Waals surface area (Å²) in [7, 11) is 0. The van der Waals surface area contributed by atoms with Crippen molar-refractivity contribution in [1.29, 1.82) is 0 Å². The molecule has 0 aliphatic carbocycles. The maximum absolute atomic E-state index is 13.0. The molecule has 0 aliphatic rings. The molecule has 8 heteroatoms. The van der Waals surface area contributed by atoms with Crippen LogP contribution in [0.25, 0.3) is 0 Å². The molecule has 1 aromatic carbocycles. The van der Waals surface area contributed by atoms with E-state index in [-0.39, 0.29) is 16.7 Å². The normalized spacial score (nSPS) is 11.3. The van der Waals surface area contributed by atoms with E-state index in [9.17, 15) is 22.4 Å². The van der Waals surface area contributed by atoms with Crippen LogP contribution >= 0.6 is 15.9 Å². The summed E-state index contributed by atoms with van der Waals surface area (Å²) < 4.78 is 50.3. The van der Waals surface area contributed by atoms with Crippen LogP contribution in [0.4, 0.5) is 23.2 Å². The molecule has 0 atom stereocenters. The van der Waals surface area contributed by atoms with E-state index in [1.54, 1.807) is 6.07 Å². The Bertz CT molecular complexity index is 703. The zero-order valence-electron chi connectivity index (χ0n) is 10.9. The van der Waals surface area contributed by atoms with Gasteiger partial charge in [0.05, 0.1) is 12.1 Å². The summed E-state index contributed by atoms with van der Waals surface area (Å²) in [5.41, 5.74) is -0.509. The summed E-state index contributed by atoms with van der Waals surface area (Å²) in [5, 5.41) is 2.42. The Morgan fingerprint density at radius 2 is 1.95 bits per heavy atom. The number of hydrogen-bond acceptors (Lipinski definition) is 2. The Morgan fingerprint density at radius 1 is 1.23 bits per heavy atom. The third kappa shape index (κ3) is 4.27. The smallest absolute Gasteiger partial charge is 0.323 e. The molecule has 22 heavy (non-hydrogen) atoms. The third-order valence-corrected chi connectivity index (χ3v) is 3.27. The van der Waals surface area contributed by atoms with E-state index in [1.165, 1.54) is 18.2 Å². The van der Waals surface area contributed by atoms with E-state index < -0.39 is 23.6 Å². The number of nitrogens with zero attached hydrogens (tertiary/aromatic N) is 1. The van der Waals surface area contributed by atoms with Gasteiger partial charge in [-0.25, -0.2) is 9.37 Å². The SMILES string of the molecule is O=C(Cc1cccc(F)c1)Nc1ccc(C(F)(F)F)nc1Br. The first-order valence-corrected chi connectivity index (χ1v) is 6.83. The molecular weight excluding hydrogens is 368 g/mol. The molecule has 0 saturated carbocycles. The zero-order valence-corrected chi connectivity index (χ0v) is 12.5. The van der Waals surface area contributed by atoms with Crippen molar-refractivity contribution in [1.82, 2.24) is 4.98 Å². The first-order chi connectivity index (χ1) is 10.3.